The number of nitrogens with zero attached hydrogens (tertiary/aromatic N) is 1. The van der Waals surface area contributed by atoms with Crippen molar-refractivity contribution < 1.29 is 4.79 Å². The third-order valence-electron chi connectivity index (χ3n) is 2.09. The summed E-state index contributed by atoms with van der Waals surface area (Å²) in [4.78, 5) is 15.0. The van der Waals surface area contributed by atoms with Gasteiger partial charge in [-0.05, 0) is 31.0 Å². The molecule has 1 rings (SSSR count). The molecule has 0 bridgehead atoms. The third-order valence-corrected chi connectivity index (χ3v) is 2.09. The first kappa shape index (κ1) is 13.1. The Morgan fingerprint density at radius 1 is 1.50 bits per heavy atom. The number of hydrogen-bond acceptors (Lipinski definition) is 3. The van der Waals surface area contributed by atoms with Crippen molar-refractivity contribution in [3.63, 3.8) is 0 Å². The largest absolute Gasteiger partial charge is 0.330 e. The van der Waals surface area contributed by atoms with E-state index in [1.165, 1.54) is 0 Å². The van der Waals surface area contributed by atoms with Gasteiger partial charge in [0.15, 0.2) is 0 Å². The molecule has 0 fully saturated rings. The molecule has 0 saturated carbocycles. The molecule has 0 aromatic carbocycles. The molecule has 0 aliphatic carbocycles. The summed E-state index contributed by atoms with van der Waals surface area (Å²) in [5, 5.41) is 0. The van der Waals surface area contributed by atoms with Crippen LogP contribution in [-0.2, 0) is 11.2 Å². The molecule has 1 aromatic heterocycles. The van der Waals surface area contributed by atoms with E-state index in [9.17, 15) is 4.79 Å². The number of carbonyl (C=O) groups excluding carboxylic acids is 1. The lowest BCUT2D eigenvalue weighted by molar-refractivity contribution is -0.120. The number of aromatic nitrogens is 1. The van der Waals surface area contributed by atoms with E-state index >= 15 is 0 Å². The van der Waals surface area contributed by atoms with Crippen molar-refractivity contribution in [2.75, 3.05) is 6.54 Å². The molecule has 0 spiro atoms. The highest BCUT2D eigenvalue weighted by Crippen LogP contribution is 2.07. The van der Waals surface area contributed by atoms with E-state index in [0.717, 1.165) is 5.56 Å². The molecule has 2 N–H and O–H groups in total. The predicted molar refractivity (Wildman–Crippen MR) is 58.4 cm³/mol. The number of pyridine rings is 1. The first-order valence-corrected chi connectivity index (χ1v) is 4.33. The maximum absolute atomic E-state index is 11.1. The lowest BCUT2D eigenvalue weighted by Crippen LogP contribution is -2.23. The van der Waals surface area contributed by atoms with Gasteiger partial charge in [-0.3, -0.25) is 9.78 Å². The first-order valence-electron chi connectivity index (χ1n) is 4.33. The van der Waals surface area contributed by atoms with Crippen molar-refractivity contribution in [2.24, 2.45) is 11.7 Å². The maximum atomic E-state index is 11.1. The molecule has 0 aliphatic rings. The van der Waals surface area contributed by atoms with Gasteiger partial charge < -0.3 is 5.73 Å². The summed E-state index contributed by atoms with van der Waals surface area (Å²) < 4.78 is 0. The molecule has 1 aromatic rings. The summed E-state index contributed by atoms with van der Waals surface area (Å²) in [5.74, 6) is 0.0988. The Morgan fingerprint density at radius 2 is 2.07 bits per heavy atom. The van der Waals surface area contributed by atoms with Crippen LogP contribution in [0.1, 0.15) is 12.5 Å². The summed E-state index contributed by atoms with van der Waals surface area (Å²) in [6.45, 7) is 2.00. The molecule has 4 heteroatoms. The molecule has 0 aliphatic heterocycles. The molecule has 1 heterocycles. The summed E-state index contributed by atoms with van der Waals surface area (Å²) in [5.41, 5.74) is 6.60. The Bertz CT molecular complexity index is 277. The molecule has 3 nitrogen and oxygen atoms in total. The van der Waals surface area contributed by atoms with Crippen LogP contribution < -0.4 is 5.73 Å². The summed E-state index contributed by atoms with van der Waals surface area (Å²) in [6.07, 6.45) is 4.17. The fourth-order valence-electron chi connectivity index (χ4n) is 1.20. The molecule has 14 heavy (non-hydrogen) atoms. The van der Waals surface area contributed by atoms with Crippen molar-refractivity contribution in [3.8, 4) is 0 Å². The smallest absolute Gasteiger partial charge is 0.134 e. The molecule has 0 amide bonds. The number of ketones is 1. The van der Waals surface area contributed by atoms with Crippen LogP contribution in [0.5, 0.6) is 0 Å². The molecule has 0 radical (unpaired) electrons. The second-order valence-corrected chi connectivity index (χ2v) is 3.10. The number of carbonyl (C=O) groups is 1. The minimum absolute atomic E-state index is 0. The molecule has 0 saturated heterocycles. The quantitative estimate of drug-likeness (QED) is 0.820. The Morgan fingerprint density at radius 3 is 2.50 bits per heavy atom. The average molecular weight is 215 g/mol. The standard InChI is InChI=1S/C10H14N2O.ClH/c1-8(13)10(7-11)6-9-2-4-12-5-3-9;/h2-5,10H,6-7,11H2,1H3;1H. The fourth-order valence-corrected chi connectivity index (χ4v) is 1.20. The Hall–Kier alpha value is -0.930. The van der Waals surface area contributed by atoms with E-state index in [1.807, 2.05) is 12.1 Å². The van der Waals surface area contributed by atoms with Gasteiger partial charge >= 0.3 is 0 Å². The Balaban J connectivity index is 0.00000169. The minimum Gasteiger partial charge on any atom is -0.330 e. The second-order valence-electron chi connectivity index (χ2n) is 3.10. The topological polar surface area (TPSA) is 56.0 Å². The SMILES string of the molecule is CC(=O)C(CN)Cc1ccncc1.Cl. The van der Waals surface area contributed by atoms with Crippen LogP contribution >= 0.6 is 12.4 Å². The van der Waals surface area contributed by atoms with Crippen LogP contribution in [-0.4, -0.2) is 17.3 Å². The Kier molecular flexibility index (Phi) is 6.08. The number of halogens is 1. The predicted octanol–water partition coefficient (Wildman–Crippen LogP) is 1.21. The monoisotopic (exact) mass is 214 g/mol. The maximum Gasteiger partial charge on any atom is 0.134 e. The second kappa shape index (κ2) is 6.51. The molecule has 1 atom stereocenters. The van der Waals surface area contributed by atoms with Crippen molar-refractivity contribution in [2.45, 2.75) is 13.3 Å². The highest BCUT2D eigenvalue weighted by molar-refractivity contribution is 5.85. The van der Waals surface area contributed by atoms with Crippen LogP contribution in [0.3, 0.4) is 0 Å². The van der Waals surface area contributed by atoms with Gasteiger partial charge in [0.05, 0.1) is 0 Å². The number of nitrogens with two attached hydrogens (primary N) is 1. The van der Waals surface area contributed by atoms with Crippen LogP contribution in [0.4, 0.5) is 0 Å². The highest BCUT2D eigenvalue weighted by Gasteiger charge is 2.12. The van der Waals surface area contributed by atoms with E-state index in [-0.39, 0.29) is 24.1 Å². The van der Waals surface area contributed by atoms with Crippen molar-refractivity contribution in [1.29, 1.82) is 0 Å². The number of Topliss-reactive ketones (excluding diaryl/α,β-unsaturated/α-hetero) is 1. The van der Waals surface area contributed by atoms with Gasteiger partial charge in [-0.25, -0.2) is 0 Å². The van der Waals surface area contributed by atoms with Gasteiger partial charge in [-0.2, -0.15) is 0 Å². The van der Waals surface area contributed by atoms with Crippen LogP contribution in [0.2, 0.25) is 0 Å². The van der Waals surface area contributed by atoms with E-state index in [0.29, 0.717) is 13.0 Å². The summed E-state index contributed by atoms with van der Waals surface area (Å²) in [6, 6.07) is 3.82. The van der Waals surface area contributed by atoms with Crippen LogP contribution in [0, 0.1) is 5.92 Å². The van der Waals surface area contributed by atoms with Crippen molar-refractivity contribution in [3.05, 3.63) is 30.1 Å². The lowest BCUT2D eigenvalue weighted by Gasteiger charge is -2.10. The zero-order valence-corrected chi connectivity index (χ0v) is 8.96. The average Bonchev–Trinajstić information content (AvgIpc) is 2.15. The first-order chi connectivity index (χ1) is 6.24. The molecular formula is C10H15ClN2O. The lowest BCUT2D eigenvalue weighted by atomic mass is 9.97. The summed E-state index contributed by atoms with van der Waals surface area (Å²) >= 11 is 0. The highest BCUT2D eigenvalue weighted by atomic mass is 35.5. The summed E-state index contributed by atoms with van der Waals surface area (Å²) in [7, 11) is 0. The fraction of sp³-hybridized carbons (Fsp3) is 0.400. The zero-order valence-electron chi connectivity index (χ0n) is 8.14. The minimum atomic E-state index is -0.0533. The molecule has 78 valence electrons. The third kappa shape index (κ3) is 3.85. The van der Waals surface area contributed by atoms with Crippen molar-refractivity contribution in [1.82, 2.24) is 4.98 Å². The van der Waals surface area contributed by atoms with Crippen LogP contribution in [0.15, 0.2) is 24.5 Å². The van der Waals surface area contributed by atoms with E-state index in [2.05, 4.69) is 4.98 Å². The molecular weight excluding hydrogens is 200 g/mol. The van der Waals surface area contributed by atoms with Gasteiger partial charge in [-0.1, -0.05) is 0 Å². The zero-order chi connectivity index (χ0) is 9.68. The van der Waals surface area contributed by atoms with Gasteiger partial charge in [0.25, 0.3) is 0 Å². The van der Waals surface area contributed by atoms with Gasteiger partial charge in [0.1, 0.15) is 5.78 Å². The number of rotatable bonds is 4. The normalized spacial score (nSPS) is 11.6. The van der Waals surface area contributed by atoms with Gasteiger partial charge in [0.2, 0.25) is 0 Å². The van der Waals surface area contributed by atoms with Crippen LogP contribution in [0.25, 0.3) is 0 Å². The van der Waals surface area contributed by atoms with Gasteiger partial charge in [-0.15, -0.1) is 12.4 Å². The van der Waals surface area contributed by atoms with E-state index < -0.39 is 0 Å². The van der Waals surface area contributed by atoms with E-state index in [1.54, 1.807) is 19.3 Å². The number of hydrogen-bond donors (Lipinski definition) is 1. The van der Waals surface area contributed by atoms with Gasteiger partial charge in [0, 0.05) is 24.9 Å². The molecule has 1 unspecified atom stereocenters. The van der Waals surface area contributed by atoms with Crippen molar-refractivity contribution >= 4 is 18.2 Å². The van der Waals surface area contributed by atoms with E-state index in [4.69, 9.17) is 5.73 Å². The Labute approximate surface area is 90.1 Å².